The molecule has 1 aliphatic heterocycles. The molecule has 1 aliphatic rings. The van der Waals surface area contributed by atoms with Crippen LogP contribution in [0, 0.1) is 5.82 Å². The van der Waals surface area contributed by atoms with E-state index in [2.05, 4.69) is 5.32 Å². The highest BCUT2D eigenvalue weighted by Gasteiger charge is 2.23. The third kappa shape index (κ3) is 5.43. The first kappa shape index (κ1) is 17.6. The summed E-state index contributed by atoms with van der Waals surface area (Å²) in [4.78, 5) is 8.81. The van der Waals surface area contributed by atoms with Crippen molar-refractivity contribution in [3.05, 3.63) is 29.6 Å². The number of carboxylic acids is 1. The molecule has 0 aromatic heterocycles. The smallest absolute Gasteiger partial charge is 0.300 e. The van der Waals surface area contributed by atoms with Gasteiger partial charge in [-0.25, -0.2) is 12.8 Å². The molecule has 1 heterocycles. The molecule has 0 radical (unpaired) electrons. The lowest BCUT2D eigenvalue weighted by Crippen LogP contribution is -2.27. The number of carboxylic acid groups (broad SMARTS) is 1. The molecule has 1 saturated heterocycles. The van der Waals surface area contributed by atoms with Gasteiger partial charge in [0.05, 0.1) is 0 Å². The third-order valence-corrected chi connectivity index (χ3v) is 4.29. The zero-order chi connectivity index (χ0) is 16.0. The van der Waals surface area contributed by atoms with Crippen LogP contribution in [-0.4, -0.2) is 38.8 Å². The molecule has 1 fully saturated rings. The maximum atomic E-state index is 14.2. The Kier molecular flexibility index (Phi) is 6.29. The van der Waals surface area contributed by atoms with Gasteiger partial charge in [-0.15, -0.1) is 0 Å². The largest absolute Gasteiger partial charge is 0.481 e. The number of halogens is 1. The Labute approximate surface area is 124 Å². The van der Waals surface area contributed by atoms with E-state index in [9.17, 15) is 12.8 Å². The van der Waals surface area contributed by atoms with E-state index in [0.717, 1.165) is 39.1 Å². The van der Waals surface area contributed by atoms with Gasteiger partial charge in [-0.05, 0) is 43.5 Å². The lowest BCUT2D eigenvalue weighted by Gasteiger charge is -2.23. The van der Waals surface area contributed by atoms with E-state index < -0.39 is 21.6 Å². The van der Waals surface area contributed by atoms with Crippen LogP contribution >= 0.6 is 0 Å². The van der Waals surface area contributed by atoms with Crippen molar-refractivity contribution in [1.82, 2.24) is 5.32 Å². The number of benzene rings is 1. The van der Waals surface area contributed by atoms with Crippen LogP contribution in [-0.2, 0) is 14.6 Å². The Morgan fingerprint density at radius 3 is 2.33 bits per heavy atom. The van der Waals surface area contributed by atoms with E-state index >= 15 is 0 Å². The van der Waals surface area contributed by atoms with Crippen LogP contribution in [0.1, 0.15) is 31.2 Å². The number of sulfone groups is 1. The van der Waals surface area contributed by atoms with Gasteiger partial charge in [0, 0.05) is 13.2 Å². The summed E-state index contributed by atoms with van der Waals surface area (Å²) in [5, 5.41) is 10.6. The van der Waals surface area contributed by atoms with Crippen molar-refractivity contribution in [3.8, 4) is 0 Å². The molecule has 0 unspecified atom stereocenters. The summed E-state index contributed by atoms with van der Waals surface area (Å²) in [7, 11) is -3.49. The van der Waals surface area contributed by atoms with Crippen LogP contribution in [0.25, 0.3) is 0 Å². The Balaban J connectivity index is 0.000000491. The predicted octanol–water partition coefficient (Wildman–Crippen LogP) is 1.79. The van der Waals surface area contributed by atoms with Crippen molar-refractivity contribution in [2.24, 2.45) is 0 Å². The van der Waals surface area contributed by atoms with Gasteiger partial charge in [-0.2, -0.15) is 0 Å². The number of carbonyl (C=O) groups is 1. The van der Waals surface area contributed by atoms with E-state index in [1.807, 2.05) is 0 Å². The van der Waals surface area contributed by atoms with Crippen LogP contribution in [0.5, 0.6) is 0 Å². The summed E-state index contributed by atoms with van der Waals surface area (Å²) in [6.45, 7) is 2.79. The van der Waals surface area contributed by atoms with Gasteiger partial charge in [0.15, 0.2) is 9.84 Å². The standard InChI is InChI=1S/C12H16FNO2S.C2H4O2/c1-17(15,16)11-4-2-3-10(12(11)13)9-5-7-14-8-6-9;1-2(3)4/h2-4,9,14H,5-8H2,1H3;1H3,(H,3,4). The van der Waals surface area contributed by atoms with Crippen molar-refractivity contribution in [2.75, 3.05) is 19.3 Å². The van der Waals surface area contributed by atoms with Gasteiger partial charge < -0.3 is 10.4 Å². The van der Waals surface area contributed by atoms with Gasteiger partial charge in [0.25, 0.3) is 5.97 Å². The minimum absolute atomic E-state index is 0.123. The molecule has 0 spiro atoms. The molecule has 0 saturated carbocycles. The van der Waals surface area contributed by atoms with Crippen molar-refractivity contribution in [1.29, 1.82) is 0 Å². The lowest BCUT2D eigenvalue weighted by atomic mass is 9.90. The topological polar surface area (TPSA) is 83.5 Å². The van der Waals surface area contributed by atoms with E-state index in [1.54, 1.807) is 12.1 Å². The normalized spacial score (nSPS) is 16.0. The van der Waals surface area contributed by atoms with E-state index in [4.69, 9.17) is 9.90 Å². The Morgan fingerprint density at radius 2 is 1.86 bits per heavy atom. The average molecular weight is 317 g/mol. The summed E-state index contributed by atoms with van der Waals surface area (Å²) in [6.07, 6.45) is 2.74. The predicted molar refractivity (Wildman–Crippen MR) is 77.7 cm³/mol. The van der Waals surface area contributed by atoms with Crippen LogP contribution in [0.4, 0.5) is 4.39 Å². The summed E-state index contributed by atoms with van der Waals surface area (Å²) in [5.74, 6) is -1.28. The summed E-state index contributed by atoms with van der Waals surface area (Å²) in [6, 6.07) is 4.64. The van der Waals surface area contributed by atoms with E-state index in [0.29, 0.717) is 5.56 Å². The minimum Gasteiger partial charge on any atom is -0.481 e. The maximum absolute atomic E-state index is 14.2. The lowest BCUT2D eigenvalue weighted by molar-refractivity contribution is -0.134. The second kappa shape index (κ2) is 7.51. The highest BCUT2D eigenvalue weighted by atomic mass is 32.2. The van der Waals surface area contributed by atoms with Gasteiger partial charge in [0.1, 0.15) is 10.7 Å². The molecule has 118 valence electrons. The molecule has 0 bridgehead atoms. The molecular formula is C14H20FNO4S. The summed E-state index contributed by atoms with van der Waals surface area (Å²) >= 11 is 0. The van der Waals surface area contributed by atoms with Gasteiger partial charge in [-0.1, -0.05) is 12.1 Å². The van der Waals surface area contributed by atoms with Gasteiger partial charge in [-0.3, -0.25) is 4.79 Å². The van der Waals surface area contributed by atoms with Crippen LogP contribution < -0.4 is 5.32 Å². The van der Waals surface area contributed by atoms with Crippen LogP contribution in [0.15, 0.2) is 23.1 Å². The molecule has 1 aromatic rings. The SMILES string of the molecule is CC(=O)O.CS(=O)(=O)c1cccc(C2CCNCC2)c1F. The van der Waals surface area contributed by atoms with Crippen molar-refractivity contribution in [2.45, 2.75) is 30.6 Å². The Bertz CT molecular complexity index is 591. The molecule has 0 aliphatic carbocycles. The molecule has 1 aromatic carbocycles. The average Bonchev–Trinajstić information content (AvgIpc) is 2.38. The zero-order valence-corrected chi connectivity index (χ0v) is 12.9. The fourth-order valence-electron chi connectivity index (χ4n) is 2.26. The number of rotatable bonds is 2. The molecule has 5 nitrogen and oxygen atoms in total. The third-order valence-electron chi connectivity index (χ3n) is 3.17. The summed E-state index contributed by atoms with van der Waals surface area (Å²) in [5.41, 5.74) is 0.537. The molecule has 21 heavy (non-hydrogen) atoms. The van der Waals surface area contributed by atoms with Crippen molar-refractivity contribution in [3.63, 3.8) is 0 Å². The molecule has 0 amide bonds. The van der Waals surface area contributed by atoms with E-state index in [1.165, 1.54) is 6.07 Å². The second-order valence-electron chi connectivity index (χ2n) is 4.97. The van der Waals surface area contributed by atoms with Crippen molar-refractivity contribution < 1.29 is 22.7 Å². The monoisotopic (exact) mass is 317 g/mol. The molecular weight excluding hydrogens is 297 g/mol. The minimum atomic E-state index is -3.49. The first-order chi connectivity index (χ1) is 9.73. The van der Waals surface area contributed by atoms with E-state index in [-0.39, 0.29) is 10.8 Å². The molecule has 0 atom stereocenters. The number of piperidine rings is 1. The number of hydrogen-bond donors (Lipinski definition) is 2. The number of nitrogens with one attached hydrogen (secondary N) is 1. The second-order valence-corrected chi connectivity index (χ2v) is 6.96. The van der Waals surface area contributed by atoms with Gasteiger partial charge >= 0.3 is 0 Å². The van der Waals surface area contributed by atoms with Crippen LogP contribution in [0.3, 0.4) is 0 Å². The highest BCUT2D eigenvalue weighted by molar-refractivity contribution is 7.90. The molecule has 7 heteroatoms. The number of aliphatic carboxylic acids is 1. The summed E-state index contributed by atoms with van der Waals surface area (Å²) < 4.78 is 37.0. The first-order valence-corrected chi connectivity index (χ1v) is 8.51. The molecule has 2 rings (SSSR count). The highest BCUT2D eigenvalue weighted by Crippen LogP contribution is 2.30. The Hall–Kier alpha value is -1.47. The molecule has 2 N–H and O–H groups in total. The quantitative estimate of drug-likeness (QED) is 0.869. The fraction of sp³-hybridized carbons (Fsp3) is 0.500. The maximum Gasteiger partial charge on any atom is 0.300 e. The zero-order valence-electron chi connectivity index (χ0n) is 12.1. The number of hydrogen-bond acceptors (Lipinski definition) is 4. The first-order valence-electron chi connectivity index (χ1n) is 6.62. The van der Waals surface area contributed by atoms with Crippen molar-refractivity contribution >= 4 is 15.8 Å². The van der Waals surface area contributed by atoms with Gasteiger partial charge in [0.2, 0.25) is 0 Å². The van der Waals surface area contributed by atoms with Crippen LogP contribution in [0.2, 0.25) is 0 Å². The Morgan fingerprint density at radius 1 is 1.33 bits per heavy atom. The fourth-order valence-corrected chi connectivity index (χ4v) is 3.03.